The van der Waals surface area contributed by atoms with Gasteiger partial charge in [-0.1, -0.05) is 0 Å². The van der Waals surface area contributed by atoms with Crippen molar-refractivity contribution in [3.8, 4) is 11.4 Å². The normalized spacial score (nSPS) is 18.3. The minimum Gasteiger partial charge on any atom is -0.389 e. The van der Waals surface area contributed by atoms with Gasteiger partial charge in [-0.3, -0.25) is 15.0 Å². The SMILES string of the molecule is Cc1cc(N2CCN(CC(C)(C)O)CC2C)nc(-c2ccc([N+](=O)[O-])cc2)n1. The standard InChI is InChI=1S/C20H27N5O3/c1-14-11-18(24-10-9-23(12-15(24)2)13-20(3,4)26)22-19(21-14)16-5-7-17(8-6-16)25(27)28/h5-8,11,15,26H,9-10,12-13H2,1-4H3. The second-order valence-corrected chi connectivity index (χ2v) is 8.09. The van der Waals surface area contributed by atoms with Crippen molar-refractivity contribution in [1.29, 1.82) is 0 Å². The molecule has 1 atom stereocenters. The summed E-state index contributed by atoms with van der Waals surface area (Å²) in [5.41, 5.74) is 0.942. The molecule has 8 nitrogen and oxygen atoms in total. The summed E-state index contributed by atoms with van der Waals surface area (Å²) < 4.78 is 0. The van der Waals surface area contributed by atoms with E-state index in [1.165, 1.54) is 12.1 Å². The molecular formula is C20H27N5O3. The molecule has 3 rings (SSSR count). The van der Waals surface area contributed by atoms with Gasteiger partial charge >= 0.3 is 0 Å². The summed E-state index contributed by atoms with van der Waals surface area (Å²) in [5.74, 6) is 1.42. The van der Waals surface area contributed by atoms with Crippen molar-refractivity contribution < 1.29 is 10.0 Å². The number of aromatic nitrogens is 2. The third kappa shape index (κ3) is 4.82. The van der Waals surface area contributed by atoms with Gasteiger partial charge in [0.25, 0.3) is 5.69 Å². The molecular weight excluding hydrogens is 358 g/mol. The molecule has 1 fully saturated rings. The van der Waals surface area contributed by atoms with Crippen molar-refractivity contribution in [3.05, 3.63) is 46.1 Å². The minimum absolute atomic E-state index is 0.0492. The van der Waals surface area contributed by atoms with Gasteiger partial charge in [-0.25, -0.2) is 9.97 Å². The van der Waals surface area contributed by atoms with Crippen molar-refractivity contribution in [1.82, 2.24) is 14.9 Å². The fraction of sp³-hybridized carbons (Fsp3) is 0.500. The number of hydrogen-bond donors (Lipinski definition) is 1. The summed E-state index contributed by atoms with van der Waals surface area (Å²) in [4.78, 5) is 24.2. The van der Waals surface area contributed by atoms with Crippen LogP contribution in [0.25, 0.3) is 11.4 Å². The summed E-state index contributed by atoms with van der Waals surface area (Å²) in [5, 5.41) is 20.9. The fourth-order valence-electron chi connectivity index (χ4n) is 3.62. The lowest BCUT2D eigenvalue weighted by Gasteiger charge is -2.42. The Kier molecular flexibility index (Phi) is 5.62. The Bertz CT molecular complexity index is 848. The molecule has 0 bridgehead atoms. The molecule has 2 aromatic rings. The lowest BCUT2D eigenvalue weighted by molar-refractivity contribution is -0.384. The van der Waals surface area contributed by atoms with Crippen LogP contribution in [-0.4, -0.2) is 62.7 Å². The van der Waals surface area contributed by atoms with E-state index in [4.69, 9.17) is 4.98 Å². The highest BCUT2D eigenvalue weighted by Gasteiger charge is 2.28. The second kappa shape index (κ2) is 7.81. The number of β-amino-alcohol motifs (C(OH)–C–C–N with tert-alkyl or cyclic N) is 1. The zero-order chi connectivity index (χ0) is 20.5. The quantitative estimate of drug-likeness (QED) is 0.624. The lowest BCUT2D eigenvalue weighted by Crippen LogP contribution is -2.55. The molecule has 1 aliphatic heterocycles. The molecule has 1 saturated heterocycles. The van der Waals surface area contributed by atoms with E-state index in [1.807, 2.05) is 26.8 Å². The number of benzene rings is 1. The fourth-order valence-corrected chi connectivity index (χ4v) is 3.62. The van der Waals surface area contributed by atoms with Gasteiger partial charge in [-0.05, 0) is 39.8 Å². The Labute approximate surface area is 165 Å². The summed E-state index contributed by atoms with van der Waals surface area (Å²) in [6.07, 6.45) is 0. The third-order valence-corrected chi connectivity index (χ3v) is 4.79. The molecule has 0 aliphatic carbocycles. The van der Waals surface area contributed by atoms with Gasteiger partial charge in [0.15, 0.2) is 5.82 Å². The molecule has 2 heterocycles. The topological polar surface area (TPSA) is 95.6 Å². The van der Waals surface area contributed by atoms with E-state index < -0.39 is 10.5 Å². The molecule has 8 heteroatoms. The highest BCUT2D eigenvalue weighted by atomic mass is 16.6. The molecule has 1 aromatic carbocycles. The number of nitro groups is 1. The largest absolute Gasteiger partial charge is 0.389 e. The van der Waals surface area contributed by atoms with E-state index in [0.29, 0.717) is 12.4 Å². The van der Waals surface area contributed by atoms with Crippen LogP contribution >= 0.6 is 0 Å². The van der Waals surface area contributed by atoms with Crippen LogP contribution in [-0.2, 0) is 0 Å². The Hall–Kier alpha value is -2.58. The first-order valence-corrected chi connectivity index (χ1v) is 9.44. The minimum atomic E-state index is -0.712. The van der Waals surface area contributed by atoms with Gasteiger partial charge < -0.3 is 10.0 Å². The average Bonchev–Trinajstić information content (AvgIpc) is 2.60. The first-order valence-electron chi connectivity index (χ1n) is 9.44. The van der Waals surface area contributed by atoms with Crippen molar-refractivity contribution in [3.63, 3.8) is 0 Å². The first-order chi connectivity index (χ1) is 13.1. The van der Waals surface area contributed by atoms with Crippen LogP contribution in [0.5, 0.6) is 0 Å². The van der Waals surface area contributed by atoms with Crippen LogP contribution in [0.4, 0.5) is 11.5 Å². The van der Waals surface area contributed by atoms with Crippen LogP contribution < -0.4 is 4.90 Å². The zero-order valence-electron chi connectivity index (χ0n) is 16.8. The van der Waals surface area contributed by atoms with Crippen molar-refractivity contribution in [2.24, 2.45) is 0 Å². The number of nitrogens with zero attached hydrogens (tertiary/aromatic N) is 5. The predicted molar refractivity (Wildman–Crippen MR) is 108 cm³/mol. The van der Waals surface area contributed by atoms with Crippen molar-refractivity contribution in [2.45, 2.75) is 39.3 Å². The Balaban J connectivity index is 1.81. The van der Waals surface area contributed by atoms with E-state index in [1.54, 1.807) is 12.1 Å². The Morgan fingerprint density at radius 2 is 1.93 bits per heavy atom. The molecule has 0 saturated carbocycles. The average molecular weight is 385 g/mol. The Morgan fingerprint density at radius 1 is 1.25 bits per heavy atom. The van der Waals surface area contributed by atoms with E-state index >= 15 is 0 Å². The smallest absolute Gasteiger partial charge is 0.269 e. The lowest BCUT2D eigenvalue weighted by atomic mass is 10.1. The van der Waals surface area contributed by atoms with Crippen LogP contribution in [0.3, 0.4) is 0 Å². The second-order valence-electron chi connectivity index (χ2n) is 8.09. The number of aryl methyl sites for hydroxylation is 1. The number of nitro benzene ring substituents is 1. The van der Waals surface area contributed by atoms with Gasteiger partial charge in [-0.2, -0.15) is 0 Å². The molecule has 0 radical (unpaired) electrons. The zero-order valence-corrected chi connectivity index (χ0v) is 16.8. The van der Waals surface area contributed by atoms with Crippen LogP contribution in [0.15, 0.2) is 30.3 Å². The molecule has 1 aliphatic rings. The number of anilines is 1. The van der Waals surface area contributed by atoms with Gasteiger partial charge in [0.1, 0.15) is 5.82 Å². The highest BCUT2D eigenvalue weighted by molar-refractivity contribution is 5.60. The number of non-ortho nitro benzene ring substituents is 1. The number of piperazine rings is 1. The van der Waals surface area contributed by atoms with E-state index in [9.17, 15) is 15.2 Å². The van der Waals surface area contributed by atoms with Gasteiger partial charge in [-0.15, -0.1) is 0 Å². The van der Waals surface area contributed by atoms with Crippen LogP contribution in [0, 0.1) is 17.0 Å². The molecule has 0 spiro atoms. The van der Waals surface area contributed by atoms with Crippen LogP contribution in [0.1, 0.15) is 26.5 Å². The monoisotopic (exact) mass is 385 g/mol. The number of rotatable bonds is 5. The number of hydrogen-bond acceptors (Lipinski definition) is 7. The van der Waals surface area contributed by atoms with Crippen molar-refractivity contribution >= 4 is 11.5 Å². The van der Waals surface area contributed by atoms with Gasteiger partial charge in [0.05, 0.1) is 10.5 Å². The van der Waals surface area contributed by atoms with Crippen molar-refractivity contribution in [2.75, 3.05) is 31.1 Å². The Morgan fingerprint density at radius 3 is 2.50 bits per heavy atom. The van der Waals surface area contributed by atoms with Gasteiger partial charge in [0, 0.05) is 61.7 Å². The highest BCUT2D eigenvalue weighted by Crippen LogP contribution is 2.25. The summed E-state index contributed by atoms with van der Waals surface area (Å²) in [6.45, 7) is 10.9. The number of aliphatic hydroxyl groups is 1. The molecule has 1 aromatic heterocycles. The molecule has 1 N–H and O–H groups in total. The third-order valence-electron chi connectivity index (χ3n) is 4.79. The summed E-state index contributed by atoms with van der Waals surface area (Å²) in [6, 6.07) is 8.52. The van der Waals surface area contributed by atoms with Gasteiger partial charge in [0.2, 0.25) is 0 Å². The maximum atomic E-state index is 10.9. The molecule has 28 heavy (non-hydrogen) atoms. The molecule has 1 unspecified atom stereocenters. The molecule has 0 amide bonds. The predicted octanol–water partition coefficient (Wildman–Crippen LogP) is 2.64. The summed E-state index contributed by atoms with van der Waals surface area (Å²) >= 11 is 0. The summed E-state index contributed by atoms with van der Waals surface area (Å²) in [7, 11) is 0. The maximum absolute atomic E-state index is 10.9. The van der Waals surface area contributed by atoms with E-state index in [2.05, 4.69) is 21.7 Å². The van der Waals surface area contributed by atoms with E-state index in [-0.39, 0.29) is 11.7 Å². The van der Waals surface area contributed by atoms with E-state index in [0.717, 1.165) is 36.7 Å². The molecule has 150 valence electrons. The maximum Gasteiger partial charge on any atom is 0.269 e. The first kappa shape index (κ1) is 20.2. The van der Waals surface area contributed by atoms with Crippen LogP contribution in [0.2, 0.25) is 0 Å².